The van der Waals surface area contributed by atoms with Crippen LogP contribution in [0.3, 0.4) is 0 Å². The van der Waals surface area contributed by atoms with Crippen LogP contribution in [0.4, 0.5) is 5.95 Å². The van der Waals surface area contributed by atoms with Gasteiger partial charge in [-0.2, -0.15) is 4.98 Å². The standard InChI is InChI=1S/C12H17N5O3/c1-6-7(18)4-8(20-6)17-5-13-9-10(17)14-12(16(2)3)15-11(9)19/h5-8,18H,4H2,1-3H3,(H,14,15,19)/t6-,7-,8-/m1/s1/i1T. The van der Waals surface area contributed by atoms with Gasteiger partial charge in [-0.15, -0.1) is 0 Å². The highest BCUT2D eigenvalue weighted by atomic mass is 16.5. The molecule has 0 radical (unpaired) electrons. The maximum atomic E-state index is 12.0. The van der Waals surface area contributed by atoms with Gasteiger partial charge in [0.1, 0.15) is 6.23 Å². The third-order valence-electron chi connectivity index (χ3n) is 3.36. The fourth-order valence-electron chi connectivity index (χ4n) is 2.22. The number of H-pyrrole nitrogens is 1. The Bertz CT molecular complexity index is 712. The van der Waals surface area contributed by atoms with Crippen LogP contribution in [0.25, 0.3) is 11.2 Å². The summed E-state index contributed by atoms with van der Waals surface area (Å²) >= 11 is 0. The molecule has 0 spiro atoms. The number of aliphatic hydroxyl groups is 1. The van der Waals surface area contributed by atoms with Crippen LogP contribution in [-0.4, -0.2) is 50.9 Å². The van der Waals surface area contributed by atoms with Crippen LogP contribution in [0.2, 0.25) is 0 Å². The van der Waals surface area contributed by atoms with E-state index in [0.717, 1.165) is 0 Å². The molecular weight excluding hydrogens is 262 g/mol. The molecule has 1 fully saturated rings. The highest BCUT2D eigenvalue weighted by molar-refractivity contribution is 5.71. The molecule has 3 heterocycles. The minimum absolute atomic E-state index is 0.0126. The minimum atomic E-state index is -0.694. The van der Waals surface area contributed by atoms with E-state index in [-0.39, 0.29) is 18.0 Å². The summed E-state index contributed by atoms with van der Waals surface area (Å²) in [5, 5.41) is 9.85. The number of imidazole rings is 1. The van der Waals surface area contributed by atoms with E-state index in [1.807, 2.05) is 0 Å². The maximum absolute atomic E-state index is 12.0. The third-order valence-corrected chi connectivity index (χ3v) is 3.36. The normalized spacial score (nSPS) is 26.9. The predicted molar refractivity (Wildman–Crippen MR) is 72.7 cm³/mol. The molecule has 0 unspecified atom stereocenters. The molecule has 8 heteroatoms. The SMILES string of the molecule is [3H]C[C@H]1O[C@@H](n2cnc3c(=O)[nH]c(N(C)C)nc32)C[C@H]1O. The molecule has 2 aromatic rings. The Morgan fingerprint density at radius 1 is 1.65 bits per heavy atom. The van der Waals surface area contributed by atoms with Gasteiger partial charge in [-0.05, 0) is 6.90 Å². The first-order valence-electron chi connectivity index (χ1n) is 6.99. The van der Waals surface area contributed by atoms with Crippen molar-refractivity contribution in [1.29, 1.82) is 0 Å². The lowest BCUT2D eigenvalue weighted by molar-refractivity contribution is -0.00632. The number of rotatable bonds is 2. The van der Waals surface area contributed by atoms with Crippen molar-refractivity contribution in [3.8, 4) is 0 Å². The summed E-state index contributed by atoms with van der Waals surface area (Å²) in [5.41, 5.74) is 0.316. The van der Waals surface area contributed by atoms with Crippen LogP contribution < -0.4 is 10.5 Å². The van der Waals surface area contributed by atoms with Crippen molar-refractivity contribution in [3.63, 3.8) is 0 Å². The summed E-state index contributed by atoms with van der Waals surface area (Å²) in [6, 6.07) is 0. The summed E-state index contributed by atoms with van der Waals surface area (Å²) in [6.07, 6.45) is 0.143. The molecule has 8 nitrogen and oxygen atoms in total. The molecule has 0 aliphatic carbocycles. The molecule has 0 saturated carbocycles. The number of fused-ring (bicyclic) bond motifs is 1. The number of aromatic nitrogens is 4. The molecule has 3 atom stereocenters. The summed E-state index contributed by atoms with van der Waals surface area (Å²) < 4.78 is 14.6. The number of hydrogen-bond acceptors (Lipinski definition) is 6. The molecule has 0 amide bonds. The second-order valence-electron chi connectivity index (χ2n) is 5.04. The largest absolute Gasteiger partial charge is 0.390 e. The summed E-state index contributed by atoms with van der Waals surface area (Å²) in [4.78, 5) is 24.8. The van der Waals surface area contributed by atoms with Gasteiger partial charge in [-0.25, -0.2) is 4.98 Å². The van der Waals surface area contributed by atoms with Gasteiger partial charge in [0.25, 0.3) is 5.56 Å². The van der Waals surface area contributed by atoms with Crippen molar-refractivity contribution in [2.24, 2.45) is 0 Å². The van der Waals surface area contributed by atoms with Crippen molar-refractivity contribution < 1.29 is 11.2 Å². The Balaban J connectivity index is 2.06. The zero-order valence-corrected chi connectivity index (χ0v) is 11.3. The highest BCUT2D eigenvalue weighted by Crippen LogP contribution is 2.30. The van der Waals surface area contributed by atoms with E-state index in [9.17, 15) is 9.90 Å². The Morgan fingerprint density at radius 3 is 3.10 bits per heavy atom. The number of aromatic amines is 1. The molecule has 20 heavy (non-hydrogen) atoms. The molecular formula is C12H17N5O3. The predicted octanol–water partition coefficient (Wildman–Crippen LogP) is -0.146. The van der Waals surface area contributed by atoms with E-state index in [4.69, 9.17) is 6.11 Å². The number of anilines is 1. The van der Waals surface area contributed by atoms with E-state index in [2.05, 4.69) is 15.0 Å². The quantitative estimate of drug-likeness (QED) is 0.795. The molecule has 1 aliphatic rings. The second kappa shape index (κ2) is 4.57. The molecule has 1 aliphatic heterocycles. The first kappa shape index (κ1) is 11.9. The zero-order valence-electron chi connectivity index (χ0n) is 12.3. The lowest BCUT2D eigenvalue weighted by Crippen LogP contribution is -2.20. The van der Waals surface area contributed by atoms with Crippen molar-refractivity contribution in [1.82, 2.24) is 19.5 Å². The maximum Gasteiger partial charge on any atom is 0.280 e. The topological polar surface area (TPSA) is 96.3 Å². The monoisotopic (exact) mass is 281 g/mol. The third kappa shape index (κ3) is 1.97. The van der Waals surface area contributed by atoms with Crippen molar-refractivity contribution >= 4 is 17.1 Å². The Hall–Kier alpha value is -1.93. The summed E-state index contributed by atoms with van der Waals surface area (Å²) in [7, 11) is 3.55. The molecule has 108 valence electrons. The van der Waals surface area contributed by atoms with Crippen LogP contribution in [0.15, 0.2) is 11.1 Å². The molecule has 0 bridgehead atoms. The Kier molecular flexibility index (Phi) is 2.71. The van der Waals surface area contributed by atoms with Crippen molar-refractivity contribution in [2.45, 2.75) is 31.8 Å². The molecule has 2 aromatic heterocycles. The van der Waals surface area contributed by atoms with Gasteiger partial charge in [0, 0.05) is 21.9 Å². The zero-order chi connectivity index (χ0) is 15.1. The Morgan fingerprint density at radius 2 is 2.45 bits per heavy atom. The van der Waals surface area contributed by atoms with Gasteiger partial charge in [0.15, 0.2) is 11.2 Å². The number of nitrogens with one attached hydrogen (secondary N) is 1. The van der Waals surface area contributed by atoms with Gasteiger partial charge < -0.3 is 14.7 Å². The van der Waals surface area contributed by atoms with Crippen LogP contribution in [0.5, 0.6) is 0 Å². The van der Waals surface area contributed by atoms with Crippen LogP contribution in [-0.2, 0) is 4.74 Å². The van der Waals surface area contributed by atoms with Crippen LogP contribution in [0.1, 0.15) is 20.9 Å². The lowest BCUT2D eigenvalue weighted by atomic mass is 10.2. The number of nitrogens with zero attached hydrogens (tertiary/aromatic N) is 4. The van der Waals surface area contributed by atoms with Crippen LogP contribution in [0, 0.1) is 0 Å². The average Bonchev–Trinajstić information content (AvgIpc) is 3.01. The molecule has 0 aromatic carbocycles. The minimum Gasteiger partial charge on any atom is -0.390 e. The second-order valence-corrected chi connectivity index (χ2v) is 5.04. The van der Waals surface area contributed by atoms with Gasteiger partial charge in [0.05, 0.1) is 18.5 Å². The van der Waals surface area contributed by atoms with Crippen molar-refractivity contribution in [2.75, 3.05) is 19.0 Å². The van der Waals surface area contributed by atoms with Gasteiger partial charge >= 0.3 is 0 Å². The number of hydrogen-bond donors (Lipinski definition) is 2. The van der Waals surface area contributed by atoms with Gasteiger partial charge in [-0.3, -0.25) is 14.3 Å². The van der Waals surface area contributed by atoms with Gasteiger partial charge in [0.2, 0.25) is 5.95 Å². The van der Waals surface area contributed by atoms with Crippen LogP contribution >= 0.6 is 0 Å². The molecule has 2 N–H and O–H groups in total. The fourth-order valence-corrected chi connectivity index (χ4v) is 2.22. The fraction of sp³-hybridized carbons (Fsp3) is 0.583. The van der Waals surface area contributed by atoms with E-state index in [1.165, 1.54) is 6.33 Å². The first-order chi connectivity index (χ1) is 10.0. The summed E-state index contributed by atoms with van der Waals surface area (Å²) in [6.45, 7) is -0.0126. The number of aliphatic hydroxyl groups excluding tert-OH is 1. The van der Waals surface area contributed by atoms with E-state index in [1.54, 1.807) is 23.6 Å². The number of ether oxygens (including phenoxy) is 1. The van der Waals surface area contributed by atoms with E-state index in [0.29, 0.717) is 18.0 Å². The Labute approximate surface area is 116 Å². The van der Waals surface area contributed by atoms with Crippen molar-refractivity contribution in [3.05, 3.63) is 16.7 Å². The lowest BCUT2D eigenvalue weighted by Gasteiger charge is -2.14. The average molecular weight is 281 g/mol. The highest BCUT2D eigenvalue weighted by Gasteiger charge is 2.33. The summed E-state index contributed by atoms with van der Waals surface area (Å²) in [5.74, 6) is 0.421. The smallest absolute Gasteiger partial charge is 0.280 e. The first-order valence-corrected chi connectivity index (χ1v) is 6.28. The molecule has 3 rings (SSSR count). The van der Waals surface area contributed by atoms with Gasteiger partial charge in [-0.1, -0.05) is 0 Å². The van der Waals surface area contributed by atoms with E-state index < -0.39 is 18.4 Å². The van der Waals surface area contributed by atoms with E-state index >= 15 is 0 Å². The molecule has 1 saturated heterocycles.